The van der Waals surface area contributed by atoms with Gasteiger partial charge in [-0.15, -0.1) is 11.3 Å². The van der Waals surface area contributed by atoms with Gasteiger partial charge in [-0.2, -0.15) is 0 Å². The van der Waals surface area contributed by atoms with Crippen molar-refractivity contribution in [2.45, 2.75) is 6.42 Å². The number of nitrogens with zero attached hydrogens (tertiary/aromatic N) is 3. The summed E-state index contributed by atoms with van der Waals surface area (Å²) in [6, 6.07) is 3.44. The number of methoxy groups -OCH3 is 1. The molecule has 0 fully saturated rings. The normalized spacial score (nSPS) is 10.8. The predicted molar refractivity (Wildman–Crippen MR) is 71.9 cm³/mol. The molecule has 3 aromatic heterocycles. The molecule has 0 unspecified atom stereocenters. The zero-order chi connectivity index (χ0) is 13.2. The number of ketones is 1. The smallest absolute Gasteiger partial charge is 0.224 e. The van der Waals surface area contributed by atoms with Crippen LogP contribution in [0.1, 0.15) is 16.1 Å². The highest BCUT2D eigenvalue weighted by Crippen LogP contribution is 2.17. The molecule has 0 aliphatic carbocycles. The van der Waals surface area contributed by atoms with E-state index in [0.717, 1.165) is 10.7 Å². The predicted octanol–water partition coefficient (Wildman–Crippen LogP) is 2.22. The molecule has 0 spiro atoms. The van der Waals surface area contributed by atoms with Gasteiger partial charge in [0.25, 0.3) is 0 Å². The number of imidazole rings is 1. The minimum atomic E-state index is -0.0456. The van der Waals surface area contributed by atoms with E-state index < -0.39 is 0 Å². The molecule has 0 saturated carbocycles. The fourth-order valence-corrected chi connectivity index (χ4v) is 2.61. The van der Waals surface area contributed by atoms with Crippen molar-refractivity contribution in [2.75, 3.05) is 7.11 Å². The lowest BCUT2D eigenvalue weighted by Gasteiger charge is -2.04. The van der Waals surface area contributed by atoms with Crippen LogP contribution in [0.25, 0.3) is 4.96 Å². The summed E-state index contributed by atoms with van der Waals surface area (Å²) in [5.41, 5.74) is 1.24. The largest absolute Gasteiger partial charge is 0.480 e. The monoisotopic (exact) mass is 273 g/mol. The first-order valence-electron chi connectivity index (χ1n) is 5.71. The molecule has 19 heavy (non-hydrogen) atoms. The van der Waals surface area contributed by atoms with E-state index in [1.165, 1.54) is 7.11 Å². The van der Waals surface area contributed by atoms with Gasteiger partial charge in [0.05, 0.1) is 24.8 Å². The van der Waals surface area contributed by atoms with Crippen molar-refractivity contribution >= 4 is 22.1 Å². The Morgan fingerprint density at radius 2 is 2.42 bits per heavy atom. The Balaban J connectivity index is 1.86. The molecule has 0 aliphatic rings. The van der Waals surface area contributed by atoms with Crippen LogP contribution in [0.5, 0.6) is 5.88 Å². The number of ether oxygens (including phenoxy) is 1. The van der Waals surface area contributed by atoms with E-state index in [4.69, 9.17) is 4.74 Å². The number of hydrogen-bond donors (Lipinski definition) is 0. The highest BCUT2D eigenvalue weighted by molar-refractivity contribution is 7.15. The van der Waals surface area contributed by atoms with Gasteiger partial charge in [0, 0.05) is 24.0 Å². The van der Waals surface area contributed by atoms with E-state index in [9.17, 15) is 4.79 Å². The molecule has 0 radical (unpaired) electrons. The Labute approximate surface area is 113 Å². The third-order valence-electron chi connectivity index (χ3n) is 2.75. The minimum Gasteiger partial charge on any atom is -0.480 e. The molecule has 3 rings (SSSR count). The van der Waals surface area contributed by atoms with Crippen molar-refractivity contribution in [2.24, 2.45) is 0 Å². The number of rotatable bonds is 4. The summed E-state index contributed by atoms with van der Waals surface area (Å²) in [5, 5.41) is 1.96. The zero-order valence-corrected chi connectivity index (χ0v) is 11.1. The highest BCUT2D eigenvalue weighted by Gasteiger charge is 2.15. The number of carbonyl (C=O) groups excluding carboxylic acids is 1. The Morgan fingerprint density at radius 3 is 3.21 bits per heavy atom. The number of carbonyl (C=O) groups is 1. The third-order valence-corrected chi connectivity index (χ3v) is 3.52. The van der Waals surface area contributed by atoms with Gasteiger partial charge >= 0.3 is 0 Å². The van der Waals surface area contributed by atoms with Crippen molar-refractivity contribution in [1.82, 2.24) is 14.4 Å². The van der Waals surface area contributed by atoms with Crippen LogP contribution in [0, 0.1) is 0 Å². The number of Topliss-reactive ketones (excluding diaryl/α,β-unsaturated/α-hetero) is 1. The zero-order valence-electron chi connectivity index (χ0n) is 10.2. The van der Waals surface area contributed by atoms with Crippen LogP contribution in [-0.4, -0.2) is 27.3 Å². The Morgan fingerprint density at radius 1 is 1.53 bits per heavy atom. The fraction of sp³-hybridized carbons (Fsp3) is 0.154. The molecule has 3 aromatic rings. The SMILES string of the molecule is COc1ncccc1C(=O)Cc1cn2ccsc2n1. The molecule has 5 nitrogen and oxygen atoms in total. The standard InChI is InChI=1S/C13H11N3O2S/c1-18-12-10(3-2-4-14-12)11(17)7-9-8-16-5-6-19-13(16)15-9/h2-6,8H,7H2,1H3. The van der Waals surface area contributed by atoms with Crippen LogP contribution >= 0.6 is 11.3 Å². The second-order valence-electron chi connectivity index (χ2n) is 3.99. The van der Waals surface area contributed by atoms with E-state index in [0.29, 0.717) is 11.4 Å². The number of aromatic nitrogens is 3. The number of thiazole rings is 1. The van der Waals surface area contributed by atoms with E-state index in [1.807, 2.05) is 22.2 Å². The topological polar surface area (TPSA) is 56.5 Å². The Kier molecular flexibility index (Phi) is 3.00. The van der Waals surface area contributed by atoms with Crippen molar-refractivity contribution in [1.29, 1.82) is 0 Å². The second-order valence-corrected chi connectivity index (χ2v) is 4.86. The third kappa shape index (κ3) is 2.22. The first-order chi connectivity index (χ1) is 9.28. The van der Waals surface area contributed by atoms with Crippen LogP contribution in [0.3, 0.4) is 0 Å². The molecule has 96 valence electrons. The van der Waals surface area contributed by atoms with Crippen LogP contribution in [0.2, 0.25) is 0 Å². The molecule has 3 heterocycles. The molecular weight excluding hydrogens is 262 g/mol. The maximum absolute atomic E-state index is 12.2. The molecule has 6 heteroatoms. The van der Waals surface area contributed by atoms with Crippen LogP contribution < -0.4 is 4.74 Å². The summed E-state index contributed by atoms with van der Waals surface area (Å²) in [6.07, 6.45) is 5.64. The van der Waals surface area contributed by atoms with Gasteiger partial charge in [-0.05, 0) is 12.1 Å². The average molecular weight is 273 g/mol. The molecule has 0 bridgehead atoms. The van der Waals surface area contributed by atoms with E-state index >= 15 is 0 Å². The summed E-state index contributed by atoms with van der Waals surface area (Å²) in [6.45, 7) is 0. The summed E-state index contributed by atoms with van der Waals surface area (Å²) >= 11 is 1.54. The maximum atomic E-state index is 12.2. The lowest BCUT2D eigenvalue weighted by atomic mass is 10.1. The summed E-state index contributed by atoms with van der Waals surface area (Å²) < 4.78 is 7.00. The lowest BCUT2D eigenvalue weighted by Crippen LogP contribution is -2.07. The van der Waals surface area contributed by atoms with Gasteiger partial charge in [-0.25, -0.2) is 9.97 Å². The molecule has 0 saturated heterocycles. The number of pyridine rings is 1. The van der Waals surface area contributed by atoms with Crippen molar-refractivity contribution in [3.63, 3.8) is 0 Å². The molecule has 0 N–H and O–H groups in total. The van der Waals surface area contributed by atoms with E-state index in [1.54, 1.807) is 29.7 Å². The summed E-state index contributed by atoms with van der Waals surface area (Å²) in [4.78, 5) is 21.5. The van der Waals surface area contributed by atoms with Crippen molar-refractivity contribution in [3.8, 4) is 5.88 Å². The fourth-order valence-electron chi connectivity index (χ4n) is 1.89. The Hall–Kier alpha value is -2.21. The first kappa shape index (κ1) is 11.9. The molecule has 0 amide bonds. The first-order valence-corrected chi connectivity index (χ1v) is 6.59. The van der Waals surface area contributed by atoms with Gasteiger partial charge in [0.15, 0.2) is 10.7 Å². The molecule has 0 atom stereocenters. The van der Waals surface area contributed by atoms with Gasteiger partial charge in [-0.3, -0.25) is 9.20 Å². The van der Waals surface area contributed by atoms with Crippen LogP contribution in [0.4, 0.5) is 0 Å². The highest BCUT2D eigenvalue weighted by atomic mass is 32.1. The second kappa shape index (κ2) is 4.81. The van der Waals surface area contributed by atoms with Gasteiger partial charge in [0.2, 0.25) is 5.88 Å². The van der Waals surface area contributed by atoms with E-state index in [2.05, 4.69) is 9.97 Å². The van der Waals surface area contributed by atoms with Crippen LogP contribution in [0.15, 0.2) is 36.1 Å². The molecular formula is C13H11N3O2S. The minimum absolute atomic E-state index is 0.0456. The van der Waals surface area contributed by atoms with Gasteiger partial charge < -0.3 is 4.74 Å². The van der Waals surface area contributed by atoms with Gasteiger partial charge in [-0.1, -0.05) is 0 Å². The quantitative estimate of drug-likeness (QED) is 0.684. The molecule has 0 aromatic carbocycles. The maximum Gasteiger partial charge on any atom is 0.224 e. The lowest BCUT2D eigenvalue weighted by molar-refractivity contribution is 0.0988. The molecule has 0 aliphatic heterocycles. The average Bonchev–Trinajstić information content (AvgIpc) is 2.99. The van der Waals surface area contributed by atoms with Crippen molar-refractivity contribution < 1.29 is 9.53 Å². The summed E-state index contributed by atoms with van der Waals surface area (Å²) in [7, 11) is 1.51. The summed E-state index contributed by atoms with van der Waals surface area (Å²) in [5.74, 6) is 0.309. The van der Waals surface area contributed by atoms with Crippen LogP contribution in [-0.2, 0) is 6.42 Å². The van der Waals surface area contributed by atoms with Crippen molar-refractivity contribution in [3.05, 3.63) is 47.4 Å². The Bertz CT molecular complexity index is 704. The number of hydrogen-bond acceptors (Lipinski definition) is 5. The van der Waals surface area contributed by atoms with Gasteiger partial charge in [0.1, 0.15) is 0 Å². The number of fused-ring (bicyclic) bond motifs is 1. The van der Waals surface area contributed by atoms with E-state index in [-0.39, 0.29) is 12.2 Å².